The van der Waals surface area contributed by atoms with E-state index in [1.807, 2.05) is 11.3 Å². The zero-order valence-corrected chi connectivity index (χ0v) is 35.8. The average molecular weight is 845 g/mol. The van der Waals surface area contributed by atoms with Crippen LogP contribution in [0.1, 0.15) is 0 Å². The van der Waals surface area contributed by atoms with Gasteiger partial charge in [-0.15, -0.1) is 11.3 Å². The summed E-state index contributed by atoms with van der Waals surface area (Å²) in [5, 5.41) is 12.5. The van der Waals surface area contributed by atoms with Crippen molar-refractivity contribution < 1.29 is 0 Å². The van der Waals surface area contributed by atoms with E-state index in [0.29, 0.717) is 0 Å². The van der Waals surface area contributed by atoms with Crippen molar-refractivity contribution in [3.63, 3.8) is 0 Å². The van der Waals surface area contributed by atoms with Crippen LogP contribution in [0.4, 0.5) is 0 Å². The predicted octanol–water partition coefficient (Wildman–Crippen LogP) is 16.4. The van der Waals surface area contributed by atoms with Gasteiger partial charge in [-0.3, -0.25) is 0 Å². The number of rotatable bonds is 4. The van der Waals surface area contributed by atoms with E-state index in [1.54, 1.807) is 0 Å². The van der Waals surface area contributed by atoms with E-state index in [-0.39, 0.29) is 0 Å². The van der Waals surface area contributed by atoms with E-state index < -0.39 is 0 Å². The standard InChI is InChI=1S/C60H36N4S/c1-8-22-48-39(15-1)40-16-2-9-23-49(40)61(48)37-29-31-54-46(35-37)43-19-5-10-24-50(43)62(54)38-30-32-55-47(36-38)44-20-6-13-27-53(44)64(55)60-56(33-34-58-59(60)45-21-7-14-28-57(45)65-58)63-51-25-11-3-17-41(51)42-18-4-12-26-52(42)63/h1-36H. The molecule has 0 saturated carbocycles. The summed E-state index contributed by atoms with van der Waals surface area (Å²) in [4.78, 5) is 0. The van der Waals surface area contributed by atoms with Crippen LogP contribution in [-0.4, -0.2) is 18.3 Å². The Bertz CT molecular complexity index is 4380. The van der Waals surface area contributed by atoms with Crippen LogP contribution in [0.25, 0.3) is 130 Å². The third-order valence-corrected chi connectivity index (χ3v) is 15.1. The van der Waals surface area contributed by atoms with Gasteiger partial charge in [0.1, 0.15) is 0 Å². The van der Waals surface area contributed by atoms with E-state index in [1.165, 1.54) is 113 Å². The molecule has 0 atom stereocenters. The van der Waals surface area contributed by atoms with Crippen molar-refractivity contribution in [3.8, 4) is 22.7 Å². The molecule has 65 heavy (non-hydrogen) atoms. The molecule has 0 spiro atoms. The summed E-state index contributed by atoms with van der Waals surface area (Å²) in [6.07, 6.45) is 0. The number of hydrogen-bond donors (Lipinski definition) is 0. The minimum Gasteiger partial charge on any atom is -0.309 e. The Balaban J connectivity index is 1.01. The molecule has 0 N–H and O–H groups in total. The third kappa shape index (κ3) is 4.74. The summed E-state index contributed by atoms with van der Waals surface area (Å²) in [5.74, 6) is 0. The second-order valence-corrected chi connectivity index (χ2v) is 18.3. The highest BCUT2D eigenvalue weighted by Gasteiger charge is 2.24. The number of para-hydroxylation sites is 6. The van der Waals surface area contributed by atoms with Gasteiger partial charge in [0.25, 0.3) is 0 Å². The molecule has 0 aliphatic carbocycles. The molecule has 10 aromatic carbocycles. The molecule has 5 heteroatoms. The Labute approximate surface area is 376 Å². The van der Waals surface area contributed by atoms with Crippen LogP contribution in [0.2, 0.25) is 0 Å². The maximum Gasteiger partial charge on any atom is 0.0796 e. The summed E-state index contributed by atoms with van der Waals surface area (Å²) >= 11 is 1.87. The monoisotopic (exact) mass is 844 g/mol. The van der Waals surface area contributed by atoms with Gasteiger partial charge >= 0.3 is 0 Å². The Morgan fingerprint density at radius 1 is 0.246 bits per heavy atom. The minimum atomic E-state index is 1.14. The first-order chi connectivity index (χ1) is 32.3. The smallest absolute Gasteiger partial charge is 0.0796 e. The van der Waals surface area contributed by atoms with Crippen LogP contribution in [0, 0.1) is 0 Å². The van der Waals surface area contributed by atoms with Gasteiger partial charge in [0.15, 0.2) is 0 Å². The number of thiophene rings is 1. The van der Waals surface area contributed by atoms with Crippen LogP contribution in [0.3, 0.4) is 0 Å². The number of fused-ring (bicyclic) bond motifs is 15. The van der Waals surface area contributed by atoms with E-state index in [0.717, 1.165) is 17.1 Å². The Hall–Kier alpha value is -8.38. The lowest BCUT2D eigenvalue weighted by molar-refractivity contribution is 1.11. The van der Waals surface area contributed by atoms with E-state index in [2.05, 4.69) is 237 Å². The van der Waals surface area contributed by atoms with Crippen molar-refractivity contribution >= 4 is 119 Å². The zero-order chi connectivity index (χ0) is 42.3. The molecule has 0 saturated heterocycles. The fraction of sp³-hybridized carbons (Fsp3) is 0. The number of hydrogen-bond acceptors (Lipinski definition) is 1. The molecule has 302 valence electrons. The lowest BCUT2D eigenvalue weighted by Crippen LogP contribution is -2.04. The van der Waals surface area contributed by atoms with Gasteiger partial charge in [0.2, 0.25) is 0 Å². The molecule has 0 aliphatic heterocycles. The first-order valence-corrected chi connectivity index (χ1v) is 23.1. The maximum atomic E-state index is 2.55. The third-order valence-electron chi connectivity index (χ3n) is 13.9. The normalized spacial score (nSPS) is 12.3. The maximum absolute atomic E-state index is 2.55. The molecule has 5 heterocycles. The quantitative estimate of drug-likeness (QED) is 0.168. The van der Waals surface area contributed by atoms with Gasteiger partial charge in [0, 0.05) is 74.6 Å². The molecule has 0 fully saturated rings. The van der Waals surface area contributed by atoms with Gasteiger partial charge in [0.05, 0.1) is 55.5 Å². The van der Waals surface area contributed by atoms with Crippen LogP contribution < -0.4 is 0 Å². The summed E-state index contributed by atoms with van der Waals surface area (Å²) in [6, 6.07) is 80.8. The Morgan fingerprint density at radius 3 is 1.08 bits per heavy atom. The lowest BCUT2D eigenvalue weighted by atomic mass is 10.1. The zero-order valence-electron chi connectivity index (χ0n) is 35.0. The second kappa shape index (κ2) is 13.1. The summed E-state index contributed by atoms with van der Waals surface area (Å²) in [7, 11) is 0. The molecule has 0 radical (unpaired) electrons. The largest absolute Gasteiger partial charge is 0.309 e. The van der Waals surface area contributed by atoms with Crippen LogP contribution in [-0.2, 0) is 0 Å². The van der Waals surface area contributed by atoms with Crippen molar-refractivity contribution in [1.82, 2.24) is 18.3 Å². The fourth-order valence-corrected chi connectivity index (χ4v) is 12.4. The highest BCUT2D eigenvalue weighted by molar-refractivity contribution is 7.25. The average Bonchev–Trinajstić information content (AvgIpc) is 4.16. The summed E-state index contributed by atoms with van der Waals surface area (Å²) in [5.41, 5.74) is 14.2. The molecular weight excluding hydrogens is 809 g/mol. The highest BCUT2D eigenvalue weighted by atomic mass is 32.1. The van der Waals surface area contributed by atoms with Crippen molar-refractivity contribution in [2.24, 2.45) is 0 Å². The molecular formula is C60H36N4S. The fourth-order valence-electron chi connectivity index (χ4n) is 11.3. The Kier molecular flexibility index (Phi) is 7.07. The van der Waals surface area contributed by atoms with Gasteiger partial charge in [-0.25, -0.2) is 0 Å². The molecule has 0 unspecified atom stereocenters. The molecule has 0 aliphatic rings. The molecule has 5 aromatic heterocycles. The summed E-state index contributed by atoms with van der Waals surface area (Å²) < 4.78 is 12.5. The van der Waals surface area contributed by atoms with Gasteiger partial charge in [-0.2, -0.15) is 0 Å². The van der Waals surface area contributed by atoms with E-state index >= 15 is 0 Å². The number of benzene rings is 10. The first-order valence-electron chi connectivity index (χ1n) is 22.3. The van der Waals surface area contributed by atoms with Crippen molar-refractivity contribution in [1.29, 1.82) is 0 Å². The molecule has 0 bridgehead atoms. The topological polar surface area (TPSA) is 19.7 Å². The molecule has 15 rings (SSSR count). The lowest BCUT2D eigenvalue weighted by Gasteiger charge is -2.18. The summed E-state index contributed by atoms with van der Waals surface area (Å²) in [6.45, 7) is 0. The van der Waals surface area contributed by atoms with Crippen LogP contribution in [0.5, 0.6) is 0 Å². The van der Waals surface area contributed by atoms with Gasteiger partial charge < -0.3 is 18.3 Å². The van der Waals surface area contributed by atoms with Crippen molar-refractivity contribution in [2.45, 2.75) is 0 Å². The van der Waals surface area contributed by atoms with Gasteiger partial charge in [-0.1, -0.05) is 127 Å². The van der Waals surface area contributed by atoms with Gasteiger partial charge in [-0.05, 0) is 91.0 Å². The number of aromatic nitrogens is 4. The minimum absolute atomic E-state index is 1.14. The van der Waals surface area contributed by atoms with Crippen LogP contribution in [0.15, 0.2) is 218 Å². The molecule has 0 amide bonds. The molecule has 4 nitrogen and oxygen atoms in total. The Morgan fingerprint density at radius 2 is 0.600 bits per heavy atom. The van der Waals surface area contributed by atoms with E-state index in [4.69, 9.17) is 0 Å². The van der Waals surface area contributed by atoms with E-state index in [9.17, 15) is 0 Å². The first kappa shape index (κ1) is 35.1. The van der Waals surface area contributed by atoms with Crippen molar-refractivity contribution in [3.05, 3.63) is 218 Å². The van der Waals surface area contributed by atoms with Crippen molar-refractivity contribution in [2.75, 3.05) is 0 Å². The predicted molar refractivity (Wildman–Crippen MR) is 277 cm³/mol. The number of nitrogens with zero attached hydrogens (tertiary/aromatic N) is 4. The van der Waals surface area contributed by atoms with Crippen LogP contribution >= 0.6 is 11.3 Å². The second-order valence-electron chi connectivity index (χ2n) is 17.3. The SMILES string of the molecule is c1ccc2c(c1)sc1ccc(-n3c4ccccc4c4ccccc43)c(-n3c4ccccc4c4cc(-n5c6ccccc6c6cc(-n7c8ccccc8c8ccccc87)ccc65)ccc43)c12. The highest BCUT2D eigenvalue weighted by Crippen LogP contribution is 2.46. The molecule has 15 aromatic rings.